The van der Waals surface area contributed by atoms with Crippen molar-refractivity contribution in [3.8, 4) is 16.9 Å². The summed E-state index contributed by atoms with van der Waals surface area (Å²) in [6.07, 6.45) is 0.202. The van der Waals surface area contributed by atoms with Gasteiger partial charge in [-0.3, -0.25) is 9.59 Å². The van der Waals surface area contributed by atoms with Crippen LogP contribution in [-0.4, -0.2) is 41.8 Å². The molecule has 0 radical (unpaired) electrons. The number of amides is 1. The predicted octanol–water partition coefficient (Wildman–Crippen LogP) is 2.47. The highest BCUT2D eigenvalue weighted by molar-refractivity contribution is 5.90. The van der Waals surface area contributed by atoms with Crippen molar-refractivity contribution in [2.75, 3.05) is 13.7 Å². The Bertz CT molecular complexity index is 1140. The molecule has 1 atom stereocenters. The van der Waals surface area contributed by atoms with Gasteiger partial charge in [-0.05, 0) is 42.7 Å². The van der Waals surface area contributed by atoms with Crippen LogP contribution in [0.3, 0.4) is 0 Å². The molecule has 0 aliphatic heterocycles. The van der Waals surface area contributed by atoms with Crippen molar-refractivity contribution in [2.24, 2.45) is 0 Å². The van der Waals surface area contributed by atoms with Crippen LogP contribution in [-0.2, 0) is 16.0 Å². The molecule has 2 aromatic carbocycles. The van der Waals surface area contributed by atoms with Gasteiger partial charge in [-0.25, -0.2) is 14.3 Å². The normalized spacial score (nSPS) is 11.6. The number of aromatic nitrogens is 2. The summed E-state index contributed by atoms with van der Waals surface area (Å²) in [4.78, 5) is 35.4. The molecule has 2 N–H and O–H groups in total. The van der Waals surface area contributed by atoms with Crippen molar-refractivity contribution >= 4 is 11.9 Å². The van der Waals surface area contributed by atoms with Crippen molar-refractivity contribution in [3.63, 3.8) is 0 Å². The monoisotopic (exact) mass is 443 g/mol. The van der Waals surface area contributed by atoms with E-state index in [1.54, 1.807) is 37.3 Å². The van der Waals surface area contributed by atoms with Crippen molar-refractivity contribution in [1.82, 2.24) is 15.5 Å². The number of nitrogens with zero attached hydrogens (tertiary/aromatic N) is 1. The lowest BCUT2D eigenvalue weighted by Gasteiger charge is -2.17. The number of rotatable bonds is 9. The van der Waals surface area contributed by atoms with E-state index in [1.165, 1.54) is 19.2 Å². The fourth-order valence-electron chi connectivity index (χ4n) is 3.18. The number of methoxy groups -OCH3 is 1. The first-order chi connectivity index (χ1) is 15.4. The van der Waals surface area contributed by atoms with Gasteiger partial charge in [0, 0.05) is 11.6 Å². The molecule has 0 spiro atoms. The summed E-state index contributed by atoms with van der Waals surface area (Å²) in [5.41, 5.74) is 2.15. The smallest absolute Gasteiger partial charge is 0.434 e. The van der Waals surface area contributed by atoms with E-state index >= 15 is 0 Å². The zero-order valence-corrected chi connectivity index (χ0v) is 17.5. The lowest BCUT2D eigenvalue weighted by molar-refractivity contribution is -0.143. The number of aromatic amines is 1. The molecule has 10 heteroatoms. The van der Waals surface area contributed by atoms with E-state index in [0.717, 1.165) is 11.1 Å². The van der Waals surface area contributed by atoms with Gasteiger partial charge in [-0.1, -0.05) is 24.3 Å². The molecule has 1 aromatic heterocycles. The highest BCUT2D eigenvalue weighted by Crippen LogP contribution is 2.30. The van der Waals surface area contributed by atoms with Crippen LogP contribution in [0.2, 0.25) is 0 Å². The SMILES string of the molecule is CCOC(=O)CC(Cc1ccc(-c2cc(F)ccc2OC)cc1)NC(=O)c1n[nH]c(=O)o1. The van der Waals surface area contributed by atoms with Gasteiger partial charge in [-0.15, -0.1) is 5.10 Å². The molecule has 0 bridgehead atoms. The number of hydrogen-bond acceptors (Lipinski definition) is 7. The largest absolute Gasteiger partial charge is 0.496 e. The first kappa shape index (κ1) is 22.7. The summed E-state index contributed by atoms with van der Waals surface area (Å²) < 4.78 is 28.6. The van der Waals surface area contributed by atoms with E-state index in [0.29, 0.717) is 17.7 Å². The van der Waals surface area contributed by atoms with Crippen LogP contribution >= 0.6 is 0 Å². The van der Waals surface area contributed by atoms with Crippen LogP contribution in [0.5, 0.6) is 5.75 Å². The van der Waals surface area contributed by atoms with Crippen LogP contribution in [0, 0.1) is 5.82 Å². The molecule has 0 aliphatic carbocycles. The van der Waals surface area contributed by atoms with E-state index in [1.807, 2.05) is 5.10 Å². The van der Waals surface area contributed by atoms with Gasteiger partial charge in [0.25, 0.3) is 0 Å². The zero-order valence-electron chi connectivity index (χ0n) is 17.5. The summed E-state index contributed by atoms with van der Waals surface area (Å²) in [7, 11) is 1.51. The van der Waals surface area contributed by atoms with Gasteiger partial charge in [-0.2, -0.15) is 0 Å². The number of esters is 1. The topological polar surface area (TPSA) is 124 Å². The zero-order chi connectivity index (χ0) is 23.1. The first-order valence-corrected chi connectivity index (χ1v) is 9.84. The molecule has 1 unspecified atom stereocenters. The van der Waals surface area contributed by atoms with E-state index < -0.39 is 29.6 Å². The standard InChI is InChI=1S/C22H22FN3O6/c1-3-31-19(27)12-16(24-20(28)21-25-26-22(29)32-21)10-13-4-6-14(7-5-13)17-11-15(23)8-9-18(17)30-2/h4-9,11,16H,3,10,12H2,1-2H3,(H,24,28)(H,26,29). The lowest BCUT2D eigenvalue weighted by atomic mass is 9.98. The summed E-state index contributed by atoms with van der Waals surface area (Å²) >= 11 is 0. The number of carbonyl (C=O) groups is 2. The van der Waals surface area contributed by atoms with Gasteiger partial charge < -0.3 is 19.2 Å². The second kappa shape index (κ2) is 10.4. The Kier molecular flexibility index (Phi) is 7.37. The summed E-state index contributed by atoms with van der Waals surface area (Å²) in [5.74, 6) is -2.36. The summed E-state index contributed by atoms with van der Waals surface area (Å²) in [6, 6.07) is 10.8. The second-order valence-electron chi connectivity index (χ2n) is 6.84. The minimum Gasteiger partial charge on any atom is -0.496 e. The van der Waals surface area contributed by atoms with Gasteiger partial charge in [0.2, 0.25) is 0 Å². The number of halogens is 1. The van der Waals surface area contributed by atoms with Gasteiger partial charge in [0.1, 0.15) is 11.6 Å². The van der Waals surface area contributed by atoms with E-state index in [9.17, 15) is 18.8 Å². The number of ether oxygens (including phenoxy) is 2. The first-order valence-electron chi connectivity index (χ1n) is 9.84. The molecule has 0 saturated carbocycles. The maximum absolute atomic E-state index is 13.7. The predicted molar refractivity (Wildman–Crippen MR) is 112 cm³/mol. The van der Waals surface area contributed by atoms with Crippen molar-refractivity contribution < 1.29 is 27.9 Å². The van der Waals surface area contributed by atoms with Crippen LogP contribution in [0.4, 0.5) is 4.39 Å². The number of H-pyrrole nitrogens is 1. The van der Waals surface area contributed by atoms with Crippen LogP contribution in [0.25, 0.3) is 11.1 Å². The quantitative estimate of drug-likeness (QED) is 0.487. The molecule has 1 amide bonds. The van der Waals surface area contributed by atoms with Crippen molar-refractivity contribution in [1.29, 1.82) is 0 Å². The lowest BCUT2D eigenvalue weighted by Crippen LogP contribution is -2.38. The number of nitrogens with one attached hydrogen (secondary N) is 2. The second-order valence-corrected chi connectivity index (χ2v) is 6.84. The third-order valence-electron chi connectivity index (χ3n) is 4.59. The van der Waals surface area contributed by atoms with Crippen LogP contribution in [0.15, 0.2) is 51.7 Å². The molecule has 0 saturated heterocycles. The molecule has 32 heavy (non-hydrogen) atoms. The molecule has 9 nitrogen and oxygen atoms in total. The number of carbonyl (C=O) groups excluding carboxylic acids is 2. The van der Waals surface area contributed by atoms with Crippen LogP contribution in [0.1, 0.15) is 29.6 Å². The number of hydrogen-bond donors (Lipinski definition) is 2. The van der Waals surface area contributed by atoms with Crippen molar-refractivity contribution in [2.45, 2.75) is 25.8 Å². The third kappa shape index (κ3) is 5.81. The Labute approximate surface area is 182 Å². The van der Waals surface area contributed by atoms with E-state index in [-0.39, 0.29) is 18.8 Å². The highest BCUT2D eigenvalue weighted by atomic mass is 19.1. The molecule has 0 fully saturated rings. The highest BCUT2D eigenvalue weighted by Gasteiger charge is 2.22. The molecule has 3 aromatic rings. The molecule has 168 valence electrons. The van der Waals surface area contributed by atoms with Gasteiger partial charge in [0.05, 0.1) is 20.1 Å². The molecule has 3 rings (SSSR count). The fraction of sp³-hybridized carbons (Fsp3) is 0.273. The van der Waals surface area contributed by atoms with Crippen LogP contribution < -0.4 is 15.8 Å². The molecule has 0 aliphatic rings. The van der Waals surface area contributed by atoms with Gasteiger partial charge in [0.15, 0.2) is 0 Å². The third-order valence-corrected chi connectivity index (χ3v) is 4.59. The van der Waals surface area contributed by atoms with Crippen molar-refractivity contribution in [3.05, 3.63) is 70.3 Å². The Morgan fingerprint density at radius 1 is 1.22 bits per heavy atom. The summed E-state index contributed by atoms with van der Waals surface area (Å²) in [5, 5.41) is 8.12. The molecule has 1 heterocycles. The van der Waals surface area contributed by atoms with E-state index in [4.69, 9.17) is 9.47 Å². The molecular weight excluding hydrogens is 421 g/mol. The fourth-order valence-corrected chi connectivity index (χ4v) is 3.18. The molecular formula is C22H22FN3O6. The average molecular weight is 443 g/mol. The minimum atomic E-state index is -0.861. The van der Waals surface area contributed by atoms with E-state index in [2.05, 4.69) is 14.8 Å². The average Bonchev–Trinajstić information content (AvgIpc) is 3.21. The maximum Gasteiger partial charge on any atom is 0.434 e. The maximum atomic E-state index is 13.7. The Balaban J connectivity index is 1.77. The van der Waals surface area contributed by atoms with Gasteiger partial charge >= 0.3 is 23.5 Å². The Hall–Kier alpha value is -3.95. The Morgan fingerprint density at radius 3 is 2.59 bits per heavy atom. The Morgan fingerprint density at radius 2 is 1.97 bits per heavy atom. The number of benzene rings is 2. The summed E-state index contributed by atoms with van der Waals surface area (Å²) in [6.45, 7) is 1.89. The minimum absolute atomic E-state index is 0.0896.